The minimum atomic E-state index is -3.50. The minimum Gasteiger partial charge on any atom is -0.619 e. The van der Waals surface area contributed by atoms with Crippen LogP contribution < -0.4 is 5.46 Å². The summed E-state index contributed by atoms with van der Waals surface area (Å²) in [7, 11) is 3.38. The normalized spacial score (nSPS) is 29.5. The van der Waals surface area contributed by atoms with Crippen LogP contribution in [-0.4, -0.2) is 48.1 Å². The Morgan fingerprint density at radius 1 is 1.45 bits per heavy atom. The van der Waals surface area contributed by atoms with Gasteiger partial charge in [0.25, 0.3) is 0 Å². The first-order chi connectivity index (χ1) is 10.3. The Hall–Kier alpha value is -2.18. The predicted molar refractivity (Wildman–Crippen MR) is 82.2 cm³/mol. The number of hydrogen-bond donors (Lipinski definition) is 0. The van der Waals surface area contributed by atoms with Gasteiger partial charge in [-0.2, -0.15) is 0 Å². The third-order valence-electron chi connectivity index (χ3n) is 3.82. The molecule has 0 spiro atoms. The lowest BCUT2D eigenvalue weighted by Gasteiger charge is -2.31. The molecule has 0 bridgehead atoms. The zero-order valence-electron chi connectivity index (χ0n) is 12.9. The molecule has 0 saturated carbocycles. The molecule has 1 aliphatic rings. The van der Waals surface area contributed by atoms with Gasteiger partial charge in [0.05, 0.1) is 19.9 Å². The van der Waals surface area contributed by atoms with Gasteiger partial charge in [0.2, 0.25) is 0 Å². The van der Waals surface area contributed by atoms with Crippen LogP contribution in [0, 0.1) is 5.82 Å². The fourth-order valence-corrected chi connectivity index (χ4v) is 2.71. The maximum atomic E-state index is 15.6. The van der Waals surface area contributed by atoms with E-state index < -0.39 is 24.1 Å². The highest BCUT2D eigenvalue weighted by molar-refractivity contribution is 6.76. The number of rotatable bonds is 4. The Morgan fingerprint density at radius 2 is 2.09 bits per heavy atom. The van der Waals surface area contributed by atoms with Crippen molar-refractivity contribution in [2.45, 2.75) is 18.9 Å². The summed E-state index contributed by atoms with van der Waals surface area (Å²) in [5.74, 6) is -1.49. The monoisotopic (exact) mass is 308 g/mol. The maximum absolute atomic E-state index is 15.6. The lowest BCUT2D eigenvalue weighted by atomic mass is 9.65. The lowest BCUT2D eigenvalue weighted by Crippen LogP contribution is -2.58. The molecule has 22 heavy (non-hydrogen) atoms. The van der Waals surface area contributed by atoms with Crippen LogP contribution in [0.15, 0.2) is 36.9 Å². The van der Waals surface area contributed by atoms with Crippen LogP contribution in [0.1, 0.15) is 13.3 Å². The average molecular weight is 308 g/mol. The van der Waals surface area contributed by atoms with E-state index in [1.54, 1.807) is 25.9 Å². The molecule has 0 aliphatic carbocycles. The third kappa shape index (κ3) is 2.40. The molecule has 0 aromatic heterocycles. The Bertz CT molecular complexity index is 650. The highest BCUT2D eigenvalue weighted by atomic mass is 19.1. The van der Waals surface area contributed by atoms with Gasteiger partial charge in [-0.1, -0.05) is 24.3 Å². The Labute approximate surface area is 128 Å². The Balaban J connectivity index is 2.68. The molecule has 2 rings (SSSR count). The summed E-state index contributed by atoms with van der Waals surface area (Å²) >= 11 is 0. The van der Waals surface area contributed by atoms with E-state index >= 15 is 4.32 Å². The van der Waals surface area contributed by atoms with Gasteiger partial charge < -0.3 is 13.5 Å². The zero-order valence-corrected chi connectivity index (χ0v) is 12.9. The van der Waals surface area contributed by atoms with Crippen LogP contribution in [0.25, 0.3) is 0 Å². The van der Waals surface area contributed by atoms with Crippen LogP contribution in [0.5, 0.6) is 0 Å². The van der Waals surface area contributed by atoms with Crippen LogP contribution in [0.3, 0.4) is 0 Å². The van der Waals surface area contributed by atoms with Gasteiger partial charge in [-0.3, -0.25) is 9.69 Å². The first kappa shape index (κ1) is 16.2. The van der Waals surface area contributed by atoms with Crippen molar-refractivity contribution in [2.24, 2.45) is 0 Å². The quantitative estimate of drug-likeness (QED) is 0.479. The van der Waals surface area contributed by atoms with Crippen molar-refractivity contribution in [2.75, 3.05) is 14.1 Å². The van der Waals surface area contributed by atoms with E-state index in [1.807, 2.05) is 0 Å². The number of hydrogen-bond acceptors (Lipinski definition) is 2. The van der Waals surface area contributed by atoms with E-state index in [1.165, 1.54) is 30.6 Å². The van der Waals surface area contributed by atoms with Crippen molar-refractivity contribution < 1.29 is 22.6 Å². The van der Waals surface area contributed by atoms with Gasteiger partial charge in [0, 0.05) is 6.42 Å². The van der Waals surface area contributed by atoms with Crippen LogP contribution in [0.4, 0.5) is 8.71 Å². The summed E-state index contributed by atoms with van der Waals surface area (Å²) in [5, 5.41) is 0. The van der Waals surface area contributed by atoms with Gasteiger partial charge in [0.1, 0.15) is 0 Å². The van der Waals surface area contributed by atoms with E-state index in [4.69, 9.17) is 4.65 Å². The molecular formula is C15H19BF2N2O2. The molecule has 1 aromatic carbocycles. The van der Waals surface area contributed by atoms with Gasteiger partial charge in [-0.15, -0.1) is 6.58 Å². The topological polar surface area (TPSA) is 32.6 Å². The first-order valence-corrected chi connectivity index (χ1v) is 6.98. The lowest BCUT2D eigenvalue weighted by molar-refractivity contribution is -0.474. The average Bonchev–Trinajstić information content (AvgIpc) is 2.61. The zero-order chi connectivity index (χ0) is 16.5. The molecule has 1 aliphatic heterocycles. The number of carbonyl (C=O) groups excluding carboxylic acids is 1. The molecule has 4 nitrogen and oxygen atoms in total. The van der Waals surface area contributed by atoms with E-state index in [9.17, 15) is 9.18 Å². The summed E-state index contributed by atoms with van der Waals surface area (Å²) in [5.41, 5.74) is -1.55. The highest BCUT2D eigenvalue weighted by Crippen LogP contribution is 2.33. The molecule has 1 unspecified atom stereocenters. The van der Waals surface area contributed by atoms with Crippen molar-refractivity contribution in [3.63, 3.8) is 0 Å². The molecule has 2 atom stereocenters. The van der Waals surface area contributed by atoms with Gasteiger partial charge in [-0.05, 0) is 18.5 Å². The molecule has 7 heteroatoms. The van der Waals surface area contributed by atoms with Gasteiger partial charge >= 0.3 is 12.7 Å². The third-order valence-corrected chi connectivity index (χ3v) is 3.82. The van der Waals surface area contributed by atoms with Crippen LogP contribution in [0.2, 0.25) is 0 Å². The van der Waals surface area contributed by atoms with Gasteiger partial charge in [0.15, 0.2) is 11.9 Å². The summed E-state index contributed by atoms with van der Waals surface area (Å²) < 4.78 is 35.9. The van der Waals surface area contributed by atoms with Crippen molar-refractivity contribution in [1.82, 2.24) is 4.90 Å². The van der Waals surface area contributed by atoms with E-state index in [-0.39, 0.29) is 11.9 Å². The Morgan fingerprint density at radius 3 is 2.64 bits per heavy atom. The van der Waals surface area contributed by atoms with E-state index in [2.05, 4.69) is 6.58 Å². The molecule has 0 radical (unpaired) electrons. The van der Waals surface area contributed by atoms with Gasteiger partial charge in [-0.25, -0.2) is 4.39 Å². The van der Waals surface area contributed by atoms with Crippen molar-refractivity contribution in [3.8, 4) is 0 Å². The van der Waals surface area contributed by atoms with Crippen LogP contribution in [-0.2, 0) is 9.45 Å². The summed E-state index contributed by atoms with van der Waals surface area (Å²) in [4.78, 5) is 13.9. The van der Waals surface area contributed by atoms with Crippen molar-refractivity contribution in [1.29, 1.82) is 0 Å². The SMILES string of the molecule is C=CC[C@]1(C)C(=O)O[B-](F)(c2ccccc2F)/[N+]1=C\N(C)C. The van der Waals surface area contributed by atoms with E-state index in [0.717, 1.165) is 10.6 Å². The number of nitrogens with zero attached hydrogens (tertiary/aromatic N) is 2. The molecule has 1 fully saturated rings. The fraction of sp³-hybridized carbons (Fsp3) is 0.333. The Kier molecular flexibility index (Phi) is 4.09. The van der Waals surface area contributed by atoms with Crippen molar-refractivity contribution in [3.05, 3.63) is 42.7 Å². The smallest absolute Gasteiger partial charge is 0.570 e. The fourth-order valence-electron chi connectivity index (χ4n) is 2.71. The maximum Gasteiger partial charge on any atom is 0.570 e. The number of carbonyl (C=O) groups is 1. The highest BCUT2D eigenvalue weighted by Gasteiger charge is 2.60. The number of halogens is 2. The second-order valence-electron chi connectivity index (χ2n) is 5.83. The molecular weight excluding hydrogens is 289 g/mol. The minimum absolute atomic E-state index is 0.179. The molecule has 1 saturated heterocycles. The molecule has 0 N–H and O–H groups in total. The molecule has 1 heterocycles. The first-order valence-electron chi connectivity index (χ1n) is 6.98. The summed E-state index contributed by atoms with van der Waals surface area (Å²) in [6.07, 6.45) is 3.11. The van der Waals surface area contributed by atoms with E-state index in [0.29, 0.717) is 0 Å². The summed E-state index contributed by atoms with van der Waals surface area (Å²) in [6.45, 7) is 1.66. The second-order valence-corrected chi connectivity index (χ2v) is 5.83. The number of benzene rings is 1. The molecule has 1 aromatic rings. The predicted octanol–water partition coefficient (Wildman–Crippen LogP) is 1.44. The van der Waals surface area contributed by atoms with Crippen molar-refractivity contribution >= 4 is 24.5 Å². The second kappa shape index (κ2) is 5.55. The molecule has 118 valence electrons. The van der Waals surface area contributed by atoms with Crippen LogP contribution >= 0.6 is 0 Å². The standard InChI is InChI=1S/C15H19BF2N2O2/c1-5-10-15(2)14(21)22-16(18,20(15)11-19(3)4)12-8-6-7-9-13(12)17/h5-9,11H,1,10H2,2-4H3/b20-11-/t15-,16?/m1/s1. The summed E-state index contributed by atoms with van der Waals surface area (Å²) in [6, 6.07) is 5.40. The largest absolute Gasteiger partial charge is 0.619 e. The molecule has 0 amide bonds.